The Morgan fingerprint density at radius 2 is 2.17 bits per heavy atom. The lowest BCUT2D eigenvalue weighted by atomic mass is 9.99. The van der Waals surface area contributed by atoms with E-state index in [1.165, 1.54) is 19.3 Å². The number of rotatable bonds is 8. The molecule has 0 aliphatic heterocycles. The van der Waals surface area contributed by atoms with E-state index in [0.717, 1.165) is 13.0 Å². The Hall–Kier alpha value is -1.25. The van der Waals surface area contributed by atoms with E-state index in [0.29, 0.717) is 18.2 Å². The maximum absolute atomic E-state index is 11.8. The van der Waals surface area contributed by atoms with Gasteiger partial charge in [0.15, 0.2) is 0 Å². The average Bonchev–Trinajstić information content (AvgIpc) is 2.82. The van der Waals surface area contributed by atoms with Crippen molar-refractivity contribution in [2.45, 2.75) is 53.0 Å². The van der Waals surface area contributed by atoms with Crippen molar-refractivity contribution in [1.29, 1.82) is 0 Å². The molecule has 18 heavy (non-hydrogen) atoms. The highest BCUT2D eigenvalue weighted by molar-refractivity contribution is 5.87. The maximum atomic E-state index is 11.8. The first-order valence-corrected chi connectivity index (χ1v) is 7.05. The quantitative estimate of drug-likeness (QED) is 0.656. The lowest BCUT2D eigenvalue weighted by Gasteiger charge is -2.17. The molecular weight excluding hydrogens is 226 g/mol. The maximum Gasteiger partial charge on any atom is 0.354 e. The standard InChI is InChI=1S/C15H25NO2/c1-4-7-9-13(5-2)12-16-11-8-10-14(16)15(17)18-6-3/h8,10-11,13H,4-7,9,12H2,1-3H3. The number of unbranched alkanes of at least 4 members (excludes halogenated alkanes) is 1. The lowest BCUT2D eigenvalue weighted by molar-refractivity contribution is 0.0512. The largest absolute Gasteiger partial charge is 0.461 e. The van der Waals surface area contributed by atoms with Gasteiger partial charge in [-0.2, -0.15) is 0 Å². The summed E-state index contributed by atoms with van der Waals surface area (Å²) in [6, 6.07) is 3.75. The minimum atomic E-state index is -0.215. The number of aromatic nitrogens is 1. The highest BCUT2D eigenvalue weighted by atomic mass is 16.5. The Bertz CT molecular complexity index is 357. The van der Waals surface area contributed by atoms with Gasteiger partial charge in [0.05, 0.1) is 6.61 Å². The average molecular weight is 251 g/mol. The van der Waals surface area contributed by atoms with Gasteiger partial charge in [0.2, 0.25) is 0 Å². The number of ether oxygens (including phenoxy) is 1. The minimum absolute atomic E-state index is 0.215. The molecule has 0 radical (unpaired) electrons. The van der Waals surface area contributed by atoms with Gasteiger partial charge in [-0.05, 0) is 31.4 Å². The van der Waals surface area contributed by atoms with Crippen molar-refractivity contribution in [3.63, 3.8) is 0 Å². The van der Waals surface area contributed by atoms with Gasteiger partial charge in [-0.25, -0.2) is 4.79 Å². The first-order valence-electron chi connectivity index (χ1n) is 7.05. The molecule has 0 bridgehead atoms. The summed E-state index contributed by atoms with van der Waals surface area (Å²) in [5.41, 5.74) is 0.673. The summed E-state index contributed by atoms with van der Waals surface area (Å²) in [5.74, 6) is 0.429. The molecule has 0 aromatic carbocycles. The number of hydrogen-bond acceptors (Lipinski definition) is 2. The summed E-state index contributed by atoms with van der Waals surface area (Å²) in [4.78, 5) is 11.8. The predicted molar refractivity (Wildman–Crippen MR) is 73.7 cm³/mol. The van der Waals surface area contributed by atoms with Crippen LogP contribution < -0.4 is 0 Å². The van der Waals surface area contributed by atoms with Gasteiger partial charge in [0, 0.05) is 12.7 Å². The van der Waals surface area contributed by atoms with Crippen LogP contribution in [-0.4, -0.2) is 17.1 Å². The van der Waals surface area contributed by atoms with Crippen LogP contribution in [0.3, 0.4) is 0 Å². The first kappa shape index (κ1) is 14.8. The number of carbonyl (C=O) groups excluding carboxylic acids is 1. The third kappa shape index (κ3) is 4.21. The molecule has 0 saturated heterocycles. The second-order valence-corrected chi connectivity index (χ2v) is 4.68. The molecule has 1 unspecified atom stereocenters. The first-order chi connectivity index (χ1) is 8.72. The topological polar surface area (TPSA) is 31.2 Å². The molecule has 1 rings (SSSR count). The van der Waals surface area contributed by atoms with Gasteiger partial charge in [0.1, 0.15) is 5.69 Å². The normalized spacial score (nSPS) is 12.4. The van der Waals surface area contributed by atoms with Gasteiger partial charge >= 0.3 is 5.97 Å². The van der Waals surface area contributed by atoms with Crippen molar-refractivity contribution in [3.8, 4) is 0 Å². The summed E-state index contributed by atoms with van der Waals surface area (Å²) in [7, 11) is 0. The van der Waals surface area contributed by atoms with E-state index >= 15 is 0 Å². The van der Waals surface area contributed by atoms with E-state index in [2.05, 4.69) is 13.8 Å². The van der Waals surface area contributed by atoms with Gasteiger partial charge in [-0.1, -0.05) is 33.1 Å². The summed E-state index contributed by atoms with van der Waals surface area (Å²) < 4.78 is 7.09. The predicted octanol–water partition coefficient (Wildman–Crippen LogP) is 3.88. The molecular formula is C15H25NO2. The molecule has 1 aromatic heterocycles. The van der Waals surface area contributed by atoms with Crippen molar-refractivity contribution in [2.24, 2.45) is 5.92 Å². The van der Waals surface area contributed by atoms with Crippen LogP contribution >= 0.6 is 0 Å². The Kier molecular flexibility index (Phi) is 6.55. The van der Waals surface area contributed by atoms with E-state index < -0.39 is 0 Å². The Balaban J connectivity index is 2.65. The third-order valence-electron chi connectivity index (χ3n) is 3.31. The second-order valence-electron chi connectivity index (χ2n) is 4.68. The highest BCUT2D eigenvalue weighted by Crippen LogP contribution is 2.17. The van der Waals surface area contributed by atoms with E-state index in [9.17, 15) is 4.79 Å². The van der Waals surface area contributed by atoms with Crippen LogP contribution in [0.5, 0.6) is 0 Å². The van der Waals surface area contributed by atoms with Crippen LogP contribution in [0.1, 0.15) is 56.9 Å². The molecule has 0 N–H and O–H groups in total. The molecule has 1 atom stereocenters. The number of nitrogens with zero attached hydrogens (tertiary/aromatic N) is 1. The molecule has 0 saturated carbocycles. The summed E-state index contributed by atoms with van der Waals surface area (Å²) in [6.45, 7) is 7.61. The molecule has 1 aromatic rings. The zero-order valence-corrected chi connectivity index (χ0v) is 11.8. The molecule has 0 fully saturated rings. The minimum Gasteiger partial charge on any atom is -0.461 e. The monoisotopic (exact) mass is 251 g/mol. The van der Waals surface area contributed by atoms with E-state index in [1.54, 1.807) is 0 Å². The van der Waals surface area contributed by atoms with Gasteiger partial charge < -0.3 is 9.30 Å². The Labute approximate surface area is 110 Å². The van der Waals surface area contributed by atoms with Crippen molar-refractivity contribution in [1.82, 2.24) is 4.57 Å². The Morgan fingerprint density at radius 3 is 2.78 bits per heavy atom. The molecule has 0 aliphatic carbocycles. The van der Waals surface area contributed by atoms with Crippen LogP contribution in [-0.2, 0) is 11.3 Å². The van der Waals surface area contributed by atoms with Crippen LogP contribution in [0.4, 0.5) is 0 Å². The van der Waals surface area contributed by atoms with Crippen molar-refractivity contribution < 1.29 is 9.53 Å². The van der Waals surface area contributed by atoms with Gasteiger partial charge in [-0.15, -0.1) is 0 Å². The molecule has 102 valence electrons. The summed E-state index contributed by atoms with van der Waals surface area (Å²) in [6.07, 6.45) is 6.84. The van der Waals surface area contributed by atoms with Crippen LogP contribution in [0.2, 0.25) is 0 Å². The number of esters is 1. The van der Waals surface area contributed by atoms with E-state index in [4.69, 9.17) is 4.74 Å². The van der Waals surface area contributed by atoms with Crippen molar-refractivity contribution in [3.05, 3.63) is 24.0 Å². The zero-order valence-electron chi connectivity index (χ0n) is 11.8. The smallest absolute Gasteiger partial charge is 0.354 e. The van der Waals surface area contributed by atoms with Crippen LogP contribution in [0.25, 0.3) is 0 Å². The van der Waals surface area contributed by atoms with Crippen molar-refractivity contribution in [2.75, 3.05) is 6.61 Å². The molecule has 3 heteroatoms. The zero-order chi connectivity index (χ0) is 13.4. The van der Waals surface area contributed by atoms with Gasteiger partial charge in [-0.3, -0.25) is 0 Å². The molecule has 1 heterocycles. The lowest BCUT2D eigenvalue weighted by Crippen LogP contribution is -2.16. The second kappa shape index (κ2) is 7.96. The summed E-state index contributed by atoms with van der Waals surface area (Å²) >= 11 is 0. The Morgan fingerprint density at radius 1 is 1.39 bits per heavy atom. The van der Waals surface area contributed by atoms with Gasteiger partial charge in [0.25, 0.3) is 0 Å². The fraction of sp³-hybridized carbons (Fsp3) is 0.667. The van der Waals surface area contributed by atoms with Crippen LogP contribution in [0, 0.1) is 5.92 Å². The van der Waals surface area contributed by atoms with E-state index in [-0.39, 0.29) is 5.97 Å². The van der Waals surface area contributed by atoms with Crippen molar-refractivity contribution >= 4 is 5.97 Å². The molecule has 0 amide bonds. The SMILES string of the molecule is CCCCC(CC)Cn1cccc1C(=O)OCC. The number of hydrogen-bond donors (Lipinski definition) is 0. The third-order valence-corrected chi connectivity index (χ3v) is 3.31. The highest BCUT2D eigenvalue weighted by Gasteiger charge is 2.14. The molecule has 0 aliphatic rings. The number of carbonyl (C=O) groups is 1. The molecule has 0 spiro atoms. The summed E-state index contributed by atoms with van der Waals surface area (Å²) in [5, 5.41) is 0. The fourth-order valence-electron chi connectivity index (χ4n) is 2.16. The van der Waals surface area contributed by atoms with E-state index in [1.807, 2.05) is 29.8 Å². The molecule has 3 nitrogen and oxygen atoms in total. The van der Waals surface area contributed by atoms with Crippen LogP contribution in [0.15, 0.2) is 18.3 Å². The fourth-order valence-corrected chi connectivity index (χ4v) is 2.16.